The molecular weight excluding hydrogens is 251 g/mol. The maximum atomic E-state index is 5.76. The van der Waals surface area contributed by atoms with Crippen LogP contribution in [0, 0.1) is 0 Å². The van der Waals surface area contributed by atoms with Gasteiger partial charge in [0.25, 0.3) is 0 Å². The molecular formula is C8H18Cl2N6. The second-order valence-electron chi connectivity index (χ2n) is 2.88. The summed E-state index contributed by atoms with van der Waals surface area (Å²) in [6, 6.07) is 0. The molecule has 0 fully saturated rings. The van der Waals surface area contributed by atoms with Gasteiger partial charge in [-0.25, -0.2) is 0 Å². The summed E-state index contributed by atoms with van der Waals surface area (Å²) in [6.45, 7) is 5.63. The summed E-state index contributed by atoms with van der Waals surface area (Å²) in [6.07, 6.45) is 0. The van der Waals surface area contributed by atoms with Crippen molar-refractivity contribution in [2.75, 3.05) is 35.2 Å². The van der Waals surface area contributed by atoms with Crippen molar-refractivity contribution < 1.29 is 0 Å². The zero-order valence-electron chi connectivity index (χ0n) is 9.30. The Morgan fingerprint density at radius 3 is 1.94 bits per heavy atom. The number of hydrogen-bond donors (Lipinski definition) is 3. The summed E-state index contributed by atoms with van der Waals surface area (Å²) in [5, 5.41) is 0. The number of anilines is 4. The van der Waals surface area contributed by atoms with Gasteiger partial charge in [-0.2, -0.15) is 9.97 Å². The van der Waals surface area contributed by atoms with Crippen LogP contribution in [-0.2, 0) is 0 Å². The first kappa shape index (κ1) is 17.3. The summed E-state index contributed by atoms with van der Waals surface area (Å²) in [5.74, 6) is 0.998. The van der Waals surface area contributed by atoms with Crippen LogP contribution in [-0.4, -0.2) is 23.1 Å². The third-order valence-electron chi connectivity index (χ3n) is 2.04. The molecule has 6 nitrogen and oxygen atoms in total. The fraction of sp³-hybridized carbons (Fsp3) is 0.500. The van der Waals surface area contributed by atoms with E-state index in [1.54, 1.807) is 0 Å². The van der Waals surface area contributed by atoms with Crippen LogP contribution in [0.15, 0.2) is 0 Å². The topological polar surface area (TPSA) is 107 Å². The Morgan fingerprint density at radius 1 is 1.00 bits per heavy atom. The second kappa shape index (κ2) is 7.19. The van der Waals surface area contributed by atoms with Gasteiger partial charge in [0.1, 0.15) is 5.69 Å². The predicted octanol–water partition coefficient (Wildman–Crippen LogP) is 0.913. The first-order chi connectivity index (χ1) is 6.60. The van der Waals surface area contributed by atoms with Crippen LogP contribution >= 0.6 is 24.8 Å². The summed E-state index contributed by atoms with van der Waals surface area (Å²) < 4.78 is 0. The van der Waals surface area contributed by atoms with E-state index in [-0.39, 0.29) is 36.6 Å². The van der Waals surface area contributed by atoms with E-state index in [4.69, 9.17) is 17.2 Å². The molecule has 1 aromatic heterocycles. The molecule has 0 bridgehead atoms. The van der Waals surface area contributed by atoms with Crippen LogP contribution in [0.2, 0.25) is 0 Å². The molecule has 0 amide bonds. The lowest BCUT2D eigenvalue weighted by atomic mass is 10.4. The van der Waals surface area contributed by atoms with Crippen molar-refractivity contribution in [2.24, 2.45) is 0 Å². The summed E-state index contributed by atoms with van der Waals surface area (Å²) in [5.41, 5.74) is 17.2. The molecule has 0 radical (unpaired) electrons. The Labute approximate surface area is 107 Å². The number of nitrogen functional groups attached to an aromatic ring is 3. The lowest BCUT2D eigenvalue weighted by molar-refractivity contribution is 0.846. The van der Waals surface area contributed by atoms with Crippen LogP contribution in [0.3, 0.4) is 0 Å². The molecule has 0 aliphatic heterocycles. The Hall–Kier alpha value is -1.14. The molecule has 1 rings (SSSR count). The number of hydrogen-bond acceptors (Lipinski definition) is 6. The number of nitrogens with two attached hydrogens (primary N) is 3. The Kier molecular flexibility index (Phi) is 7.75. The average molecular weight is 269 g/mol. The minimum atomic E-state index is 0. The van der Waals surface area contributed by atoms with Gasteiger partial charge in [-0.1, -0.05) is 0 Å². The molecule has 0 aliphatic rings. The molecule has 0 saturated carbocycles. The molecule has 0 spiro atoms. The van der Waals surface area contributed by atoms with E-state index in [1.807, 2.05) is 18.7 Å². The zero-order valence-corrected chi connectivity index (χ0v) is 10.9. The molecule has 0 aliphatic carbocycles. The largest absolute Gasteiger partial charge is 0.393 e. The van der Waals surface area contributed by atoms with Gasteiger partial charge < -0.3 is 22.1 Å². The van der Waals surface area contributed by atoms with E-state index in [0.717, 1.165) is 13.1 Å². The van der Waals surface area contributed by atoms with Gasteiger partial charge in [-0.3, -0.25) is 0 Å². The smallest absolute Gasteiger partial charge is 0.224 e. The first-order valence-electron chi connectivity index (χ1n) is 4.53. The van der Waals surface area contributed by atoms with Gasteiger partial charge in [0.05, 0.1) is 0 Å². The van der Waals surface area contributed by atoms with E-state index in [2.05, 4.69) is 9.97 Å². The van der Waals surface area contributed by atoms with Crippen LogP contribution in [0.1, 0.15) is 13.8 Å². The van der Waals surface area contributed by atoms with Gasteiger partial charge in [-0.05, 0) is 13.8 Å². The van der Waals surface area contributed by atoms with Crippen molar-refractivity contribution in [3.63, 3.8) is 0 Å². The Balaban J connectivity index is 0. The van der Waals surface area contributed by atoms with Crippen LogP contribution in [0.5, 0.6) is 0 Å². The van der Waals surface area contributed by atoms with Gasteiger partial charge in [0.2, 0.25) is 5.95 Å². The quantitative estimate of drug-likeness (QED) is 0.753. The highest BCUT2D eigenvalue weighted by atomic mass is 35.5. The van der Waals surface area contributed by atoms with Crippen molar-refractivity contribution in [3.05, 3.63) is 0 Å². The maximum Gasteiger partial charge on any atom is 0.224 e. The lowest BCUT2D eigenvalue weighted by Gasteiger charge is -2.21. The highest BCUT2D eigenvalue weighted by Gasteiger charge is 2.12. The molecule has 0 saturated heterocycles. The number of rotatable bonds is 3. The van der Waals surface area contributed by atoms with Crippen molar-refractivity contribution in [2.45, 2.75) is 13.8 Å². The van der Waals surface area contributed by atoms with Gasteiger partial charge in [0.15, 0.2) is 11.6 Å². The number of nitrogens with zero attached hydrogens (tertiary/aromatic N) is 3. The molecule has 16 heavy (non-hydrogen) atoms. The molecule has 0 aromatic carbocycles. The molecule has 1 heterocycles. The molecule has 0 atom stereocenters. The standard InChI is InChI=1S/C8H16N6.2ClH/c1-3-14(4-2)7-5(9)6(10)12-8(11)13-7;;/h3-4,9H2,1-2H3,(H4,10,11,12,13);2*1H. The minimum absolute atomic E-state index is 0. The molecule has 8 heteroatoms. The maximum absolute atomic E-state index is 5.76. The van der Waals surface area contributed by atoms with Crippen molar-refractivity contribution in [1.29, 1.82) is 0 Å². The highest BCUT2D eigenvalue weighted by Crippen LogP contribution is 2.25. The van der Waals surface area contributed by atoms with Gasteiger partial charge >= 0.3 is 0 Å². The summed E-state index contributed by atoms with van der Waals surface area (Å²) in [7, 11) is 0. The predicted molar refractivity (Wildman–Crippen MR) is 73.3 cm³/mol. The third kappa shape index (κ3) is 3.46. The van der Waals surface area contributed by atoms with E-state index in [1.165, 1.54) is 0 Å². The summed E-state index contributed by atoms with van der Waals surface area (Å²) in [4.78, 5) is 9.82. The molecule has 0 unspecified atom stereocenters. The average Bonchev–Trinajstić information content (AvgIpc) is 2.15. The van der Waals surface area contributed by atoms with E-state index in [0.29, 0.717) is 11.5 Å². The Morgan fingerprint density at radius 2 is 1.50 bits per heavy atom. The minimum Gasteiger partial charge on any atom is -0.393 e. The Bertz CT molecular complexity index is 329. The van der Waals surface area contributed by atoms with Gasteiger partial charge in [0, 0.05) is 13.1 Å². The molecule has 94 valence electrons. The lowest BCUT2D eigenvalue weighted by Crippen LogP contribution is -2.25. The van der Waals surface area contributed by atoms with Gasteiger partial charge in [-0.15, -0.1) is 24.8 Å². The molecule has 6 N–H and O–H groups in total. The SMILES string of the molecule is CCN(CC)c1nc(N)nc(N)c1N.Cl.Cl. The summed E-state index contributed by atoms with van der Waals surface area (Å²) >= 11 is 0. The van der Waals surface area contributed by atoms with E-state index < -0.39 is 0 Å². The number of halogens is 2. The van der Waals surface area contributed by atoms with Crippen molar-refractivity contribution in [1.82, 2.24) is 9.97 Å². The van der Waals surface area contributed by atoms with Crippen LogP contribution < -0.4 is 22.1 Å². The normalized spacial score (nSPS) is 8.88. The second-order valence-corrected chi connectivity index (χ2v) is 2.88. The third-order valence-corrected chi connectivity index (χ3v) is 2.04. The fourth-order valence-corrected chi connectivity index (χ4v) is 1.26. The van der Waals surface area contributed by atoms with E-state index >= 15 is 0 Å². The first-order valence-corrected chi connectivity index (χ1v) is 4.53. The number of aromatic nitrogens is 2. The molecule has 1 aromatic rings. The van der Waals surface area contributed by atoms with Crippen LogP contribution in [0.25, 0.3) is 0 Å². The fourth-order valence-electron chi connectivity index (χ4n) is 1.26. The highest BCUT2D eigenvalue weighted by molar-refractivity contribution is 5.85. The van der Waals surface area contributed by atoms with E-state index in [9.17, 15) is 0 Å². The zero-order chi connectivity index (χ0) is 10.7. The van der Waals surface area contributed by atoms with Crippen LogP contribution in [0.4, 0.5) is 23.3 Å². The van der Waals surface area contributed by atoms with Crippen molar-refractivity contribution >= 4 is 48.1 Å². The van der Waals surface area contributed by atoms with Crippen molar-refractivity contribution in [3.8, 4) is 0 Å². The monoisotopic (exact) mass is 268 g/mol.